The highest BCUT2D eigenvalue weighted by Crippen LogP contribution is 2.36. The second kappa shape index (κ2) is 4.65. The molecule has 2 aromatic rings. The van der Waals surface area contributed by atoms with E-state index in [4.69, 9.17) is 17.3 Å². The van der Waals surface area contributed by atoms with E-state index in [1.54, 1.807) is 18.2 Å². The van der Waals surface area contributed by atoms with Gasteiger partial charge in [-0.2, -0.15) is 0 Å². The largest absolute Gasteiger partial charge is 0.398 e. The molecular weight excluding hydrogens is 279 g/mol. The molecule has 3 nitrogen and oxygen atoms in total. The van der Waals surface area contributed by atoms with Gasteiger partial charge in [0.2, 0.25) is 0 Å². The van der Waals surface area contributed by atoms with Gasteiger partial charge in [0, 0.05) is 16.3 Å². The first-order chi connectivity index (χ1) is 9.56. The first kappa shape index (κ1) is 12.7. The third-order valence-corrected chi connectivity index (χ3v) is 3.39. The van der Waals surface area contributed by atoms with E-state index in [9.17, 15) is 9.18 Å². The normalized spacial score (nSPS) is 15.8. The maximum absolute atomic E-state index is 12.9. The Kier molecular flexibility index (Phi) is 2.95. The first-order valence-electron chi connectivity index (χ1n) is 5.93. The molecule has 1 heterocycles. The lowest BCUT2D eigenvalue weighted by Gasteiger charge is -2.06. The second-order valence-corrected chi connectivity index (χ2v) is 4.88. The van der Waals surface area contributed by atoms with Crippen LogP contribution >= 0.6 is 11.6 Å². The fourth-order valence-electron chi connectivity index (χ4n) is 2.18. The van der Waals surface area contributed by atoms with Crippen molar-refractivity contribution in [3.05, 3.63) is 64.4 Å². The van der Waals surface area contributed by atoms with E-state index in [-0.39, 0.29) is 11.7 Å². The minimum atomic E-state index is -0.356. The molecule has 1 aliphatic rings. The summed E-state index contributed by atoms with van der Waals surface area (Å²) in [5.41, 5.74) is 8.62. The monoisotopic (exact) mass is 288 g/mol. The van der Waals surface area contributed by atoms with E-state index < -0.39 is 0 Å². The molecule has 0 fully saturated rings. The predicted octanol–water partition coefficient (Wildman–Crippen LogP) is 3.26. The maximum atomic E-state index is 12.9. The maximum Gasteiger partial charge on any atom is 0.258 e. The molecule has 1 amide bonds. The lowest BCUT2D eigenvalue weighted by molar-refractivity contribution is -0.110. The Morgan fingerprint density at radius 2 is 1.85 bits per heavy atom. The summed E-state index contributed by atoms with van der Waals surface area (Å²) in [7, 11) is 0. The van der Waals surface area contributed by atoms with Crippen LogP contribution in [0.3, 0.4) is 0 Å². The first-order valence-corrected chi connectivity index (χ1v) is 6.31. The van der Waals surface area contributed by atoms with Crippen LogP contribution < -0.4 is 11.1 Å². The Hall–Kier alpha value is -2.33. The Balaban J connectivity index is 2.18. The Morgan fingerprint density at radius 1 is 1.15 bits per heavy atom. The highest BCUT2D eigenvalue weighted by molar-refractivity contribution is 6.38. The summed E-state index contributed by atoms with van der Waals surface area (Å²) < 4.78 is 12.9. The van der Waals surface area contributed by atoms with Gasteiger partial charge in [0.1, 0.15) is 5.82 Å². The SMILES string of the molecule is NC(=C1C(=O)Nc2ccc(Cl)cc21)c1ccc(F)cc1. The van der Waals surface area contributed by atoms with E-state index >= 15 is 0 Å². The van der Waals surface area contributed by atoms with Crippen molar-refractivity contribution in [2.75, 3.05) is 5.32 Å². The molecule has 20 heavy (non-hydrogen) atoms. The van der Waals surface area contributed by atoms with Crippen molar-refractivity contribution in [3.63, 3.8) is 0 Å². The van der Waals surface area contributed by atoms with Crippen LogP contribution in [-0.4, -0.2) is 5.91 Å². The fraction of sp³-hybridized carbons (Fsp3) is 0. The zero-order valence-electron chi connectivity index (χ0n) is 10.3. The van der Waals surface area contributed by atoms with Gasteiger partial charge in [-0.05, 0) is 48.0 Å². The van der Waals surface area contributed by atoms with Gasteiger partial charge in [-0.25, -0.2) is 4.39 Å². The van der Waals surface area contributed by atoms with Crippen LogP contribution in [0.25, 0.3) is 11.3 Å². The highest BCUT2D eigenvalue weighted by atomic mass is 35.5. The van der Waals surface area contributed by atoms with Crippen LogP contribution in [0.4, 0.5) is 10.1 Å². The summed E-state index contributed by atoms with van der Waals surface area (Å²) in [5, 5.41) is 3.25. The molecule has 3 N–H and O–H groups in total. The number of nitrogens with two attached hydrogens (primary N) is 1. The molecule has 0 saturated carbocycles. The number of hydrogen-bond donors (Lipinski definition) is 2. The van der Waals surface area contributed by atoms with E-state index in [2.05, 4.69) is 5.32 Å². The van der Waals surface area contributed by atoms with Crippen molar-refractivity contribution in [1.29, 1.82) is 0 Å². The lowest BCUT2D eigenvalue weighted by atomic mass is 10.0. The fourth-order valence-corrected chi connectivity index (χ4v) is 2.35. The predicted molar refractivity (Wildman–Crippen MR) is 77.5 cm³/mol. The molecule has 0 aromatic heterocycles. The molecule has 0 saturated heterocycles. The summed E-state index contributed by atoms with van der Waals surface area (Å²) in [6, 6.07) is 10.8. The van der Waals surface area contributed by atoms with Crippen molar-refractivity contribution in [3.8, 4) is 0 Å². The van der Waals surface area contributed by atoms with Crippen LogP contribution in [0.2, 0.25) is 5.02 Å². The molecule has 0 unspecified atom stereocenters. The molecule has 1 aliphatic heterocycles. The van der Waals surface area contributed by atoms with E-state index in [0.29, 0.717) is 33.1 Å². The number of carbonyl (C=O) groups excluding carboxylic acids is 1. The number of hydrogen-bond acceptors (Lipinski definition) is 2. The van der Waals surface area contributed by atoms with Crippen molar-refractivity contribution < 1.29 is 9.18 Å². The van der Waals surface area contributed by atoms with Gasteiger partial charge < -0.3 is 11.1 Å². The molecule has 0 radical (unpaired) electrons. The molecular formula is C15H10ClFN2O. The molecule has 0 spiro atoms. The Labute approximate surface area is 119 Å². The van der Waals surface area contributed by atoms with Crippen LogP contribution in [0.5, 0.6) is 0 Å². The number of nitrogens with one attached hydrogen (secondary N) is 1. The van der Waals surface area contributed by atoms with Crippen molar-refractivity contribution in [2.45, 2.75) is 0 Å². The molecule has 5 heteroatoms. The summed E-state index contributed by atoms with van der Waals surface area (Å²) in [5.74, 6) is -0.644. The summed E-state index contributed by atoms with van der Waals surface area (Å²) in [6.45, 7) is 0. The molecule has 0 atom stereocenters. The van der Waals surface area contributed by atoms with E-state index in [1.807, 2.05) is 0 Å². The van der Waals surface area contributed by atoms with Crippen LogP contribution in [0.15, 0.2) is 42.5 Å². The third kappa shape index (κ3) is 2.04. The van der Waals surface area contributed by atoms with Gasteiger partial charge in [0.15, 0.2) is 0 Å². The number of carbonyl (C=O) groups is 1. The Bertz CT molecular complexity index is 738. The lowest BCUT2D eigenvalue weighted by Crippen LogP contribution is -2.09. The molecule has 2 aromatic carbocycles. The summed E-state index contributed by atoms with van der Waals surface area (Å²) in [6.07, 6.45) is 0. The number of halogens is 2. The van der Waals surface area contributed by atoms with Gasteiger partial charge in [0.05, 0.1) is 11.3 Å². The zero-order chi connectivity index (χ0) is 14.3. The number of benzene rings is 2. The van der Waals surface area contributed by atoms with Gasteiger partial charge >= 0.3 is 0 Å². The molecule has 0 aliphatic carbocycles. The quantitative estimate of drug-likeness (QED) is 0.791. The average Bonchev–Trinajstić information content (AvgIpc) is 2.74. The van der Waals surface area contributed by atoms with Crippen molar-refractivity contribution >= 4 is 34.5 Å². The number of anilines is 1. The van der Waals surface area contributed by atoms with Crippen LogP contribution in [0.1, 0.15) is 11.1 Å². The van der Waals surface area contributed by atoms with E-state index in [0.717, 1.165) is 0 Å². The third-order valence-electron chi connectivity index (χ3n) is 3.15. The topological polar surface area (TPSA) is 55.1 Å². The summed E-state index contributed by atoms with van der Waals surface area (Å²) >= 11 is 5.96. The summed E-state index contributed by atoms with van der Waals surface area (Å²) in [4.78, 5) is 12.1. The Morgan fingerprint density at radius 3 is 2.55 bits per heavy atom. The van der Waals surface area contributed by atoms with Crippen molar-refractivity contribution in [1.82, 2.24) is 0 Å². The van der Waals surface area contributed by atoms with Gasteiger partial charge in [-0.1, -0.05) is 11.6 Å². The number of fused-ring (bicyclic) bond motifs is 1. The smallest absolute Gasteiger partial charge is 0.258 e. The number of rotatable bonds is 1. The van der Waals surface area contributed by atoms with E-state index in [1.165, 1.54) is 24.3 Å². The minimum Gasteiger partial charge on any atom is -0.398 e. The van der Waals surface area contributed by atoms with Crippen LogP contribution in [0, 0.1) is 5.82 Å². The van der Waals surface area contributed by atoms with Gasteiger partial charge in [-0.3, -0.25) is 4.79 Å². The zero-order valence-corrected chi connectivity index (χ0v) is 11.0. The average molecular weight is 289 g/mol. The minimum absolute atomic E-state index is 0.288. The van der Waals surface area contributed by atoms with Gasteiger partial charge in [-0.15, -0.1) is 0 Å². The van der Waals surface area contributed by atoms with Crippen molar-refractivity contribution in [2.24, 2.45) is 5.73 Å². The molecule has 100 valence electrons. The molecule has 3 rings (SSSR count). The molecule has 0 bridgehead atoms. The van der Waals surface area contributed by atoms with Gasteiger partial charge in [0.25, 0.3) is 5.91 Å². The standard InChI is InChI=1S/C15H10ClFN2O/c16-9-3-6-12-11(7-9)13(15(20)19-12)14(18)8-1-4-10(17)5-2-8/h1-7H,18H2,(H,19,20). The number of amides is 1. The van der Waals surface area contributed by atoms with Crippen LogP contribution in [-0.2, 0) is 4.79 Å². The second-order valence-electron chi connectivity index (χ2n) is 4.44. The highest BCUT2D eigenvalue weighted by Gasteiger charge is 2.27.